The number of nitrogens with one attached hydrogen (secondary N) is 2. The van der Waals surface area contributed by atoms with Crippen LogP contribution in [0, 0.1) is 11.8 Å². The van der Waals surface area contributed by atoms with Gasteiger partial charge >= 0.3 is 29.5 Å². The minimum Gasteiger partial charge on any atom is -0.505 e. The minimum atomic E-state index is -5.71. The van der Waals surface area contributed by atoms with Crippen LogP contribution in [0.1, 0.15) is 39.0 Å². The van der Waals surface area contributed by atoms with Gasteiger partial charge < -0.3 is 122 Å². The predicted molar refractivity (Wildman–Crippen MR) is 410 cm³/mol. The van der Waals surface area contributed by atoms with Crippen molar-refractivity contribution < 1.29 is 171 Å². The minimum absolute atomic E-state index is 0. The summed E-state index contributed by atoms with van der Waals surface area (Å²) in [5.41, 5.74) is 13.7. The van der Waals surface area contributed by atoms with Crippen LogP contribution in [0.25, 0.3) is 0 Å². The molecule has 0 saturated carbocycles. The number of urea groups is 1. The second kappa shape index (κ2) is 43.7. The van der Waals surface area contributed by atoms with Crippen molar-refractivity contribution in [2.24, 2.45) is 11.5 Å². The Kier molecular flexibility index (Phi) is 36.5. The predicted octanol–water partition coefficient (Wildman–Crippen LogP) is -2.63. The fraction of sp³-hybridized carbons (Fsp3) is 0.443. The summed E-state index contributed by atoms with van der Waals surface area (Å²) < 4.78 is 71.6. The Balaban J connectivity index is 0.000000199. The fourth-order valence-electron chi connectivity index (χ4n) is 12.3. The van der Waals surface area contributed by atoms with Crippen LogP contribution >= 0.6 is 54.0 Å². The molecule has 10 aliphatic rings. The quantitative estimate of drug-likeness (QED) is 0.0192. The number of methoxy groups -OCH3 is 1. The smallest absolute Gasteiger partial charge is 0.490 e. The molecule has 1 aliphatic carbocycles. The molecule has 22 atom stereocenters. The van der Waals surface area contributed by atoms with Gasteiger partial charge in [0.05, 0.1) is 64.7 Å². The van der Waals surface area contributed by atoms with Crippen molar-refractivity contribution >= 4 is 99.4 Å². The summed E-state index contributed by atoms with van der Waals surface area (Å²) in [6, 6.07) is 30.5. The van der Waals surface area contributed by atoms with Gasteiger partial charge in [-0.15, -0.1) is 0 Å². The molecule has 39 nitrogen and oxygen atoms in total. The van der Waals surface area contributed by atoms with E-state index in [-0.39, 0.29) is 87.7 Å². The first-order valence-electron chi connectivity index (χ1n) is 34.9. The molecule has 3 aromatic carbocycles. The van der Waals surface area contributed by atoms with Crippen LogP contribution in [-0.2, 0) is 90.1 Å². The van der Waals surface area contributed by atoms with E-state index in [1.165, 1.54) is 57.5 Å². The second-order valence-corrected chi connectivity index (χ2v) is 34.1. The number of amides is 5. The molecule has 0 bridgehead atoms. The molecular formula is C70H91IN8O31P4Pd. The maximum Gasteiger partial charge on any atom is 0.490 e. The molecule has 0 spiro atoms. The molecule has 3 aromatic rings. The maximum absolute atomic E-state index is 12.3. The maximum atomic E-state index is 12.3. The summed E-state index contributed by atoms with van der Waals surface area (Å²) in [7, 11) is -15.6. The van der Waals surface area contributed by atoms with Crippen LogP contribution in [0.3, 0.4) is 0 Å². The number of hydrogen-bond donors (Lipinski definition) is 19. The molecule has 21 N–H and O–H groups in total. The van der Waals surface area contributed by atoms with Crippen molar-refractivity contribution in [3.05, 3.63) is 173 Å². The van der Waals surface area contributed by atoms with Crippen LogP contribution in [-0.4, -0.2) is 281 Å². The summed E-state index contributed by atoms with van der Waals surface area (Å²) in [4.78, 5) is 99.4. The number of hydrogen-bond acceptors (Lipinski definition) is 30. The number of ketones is 1. The zero-order valence-corrected chi connectivity index (χ0v) is 68.4. The molecule has 0 radical (unpaired) electrons. The number of carbonyl (C=O) groups is 5. The van der Waals surface area contributed by atoms with E-state index in [4.69, 9.17) is 60.4 Å². The van der Waals surface area contributed by atoms with Gasteiger partial charge in [-0.25, -0.2) is 18.5 Å². The van der Waals surface area contributed by atoms with Gasteiger partial charge in [-0.05, 0) is 83.2 Å². The molecule has 634 valence electrons. The van der Waals surface area contributed by atoms with Crippen molar-refractivity contribution in [1.82, 2.24) is 30.2 Å². The molecule has 13 rings (SSSR count). The molecule has 115 heavy (non-hydrogen) atoms. The molecule has 9 aliphatic heterocycles. The molecule has 9 heterocycles. The number of halogens is 1. The third-order valence-electron chi connectivity index (χ3n) is 18.1. The van der Waals surface area contributed by atoms with Gasteiger partial charge in [-0.3, -0.25) is 43.3 Å². The second-order valence-electron chi connectivity index (χ2n) is 26.2. The Morgan fingerprint density at radius 2 is 1.00 bits per heavy atom. The number of aliphatic hydroxyl groups excluding tert-OH is 11. The first-order valence-corrected chi connectivity index (χ1v) is 41.8. The van der Waals surface area contributed by atoms with Crippen LogP contribution < -0.4 is 38.0 Å². The summed E-state index contributed by atoms with van der Waals surface area (Å²) in [5.74, 6) is 4.48. The fourth-order valence-corrected chi connectivity index (χ4v) is 18.2. The molecule has 4 fully saturated rings. The van der Waals surface area contributed by atoms with Crippen LogP contribution in [0.15, 0.2) is 173 Å². The van der Waals surface area contributed by atoms with E-state index >= 15 is 0 Å². The van der Waals surface area contributed by atoms with Crippen LogP contribution in [0.2, 0.25) is 0 Å². The van der Waals surface area contributed by atoms with Gasteiger partial charge in [-0.2, -0.15) is 8.62 Å². The van der Waals surface area contributed by atoms with Gasteiger partial charge in [0.25, 0.3) is 0 Å². The van der Waals surface area contributed by atoms with Gasteiger partial charge in [0.15, 0.2) is 24.9 Å². The van der Waals surface area contributed by atoms with E-state index in [0.717, 1.165) is 24.5 Å². The van der Waals surface area contributed by atoms with E-state index in [1.807, 2.05) is 34.7 Å². The monoisotopic (exact) mass is 1900 g/mol. The van der Waals surface area contributed by atoms with Crippen LogP contribution in [0.4, 0.5) is 4.79 Å². The summed E-state index contributed by atoms with van der Waals surface area (Å²) in [5, 5.41) is 116. The zero-order chi connectivity index (χ0) is 83.7. The molecule has 0 aromatic heterocycles. The third-order valence-corrected chi connectivity index (χ3v) is 25.4. The summed E-state index contributed by atoms with van der Waals surface area (Å²) in [6.45, 7) is 2.39. The Morgan fingerprint density at radius 1 is 0.591 bits per heavy atom. The normalized spacial score (nSPS) is 31.3. The molecular weight excluding hydrogens is 1810 g/mol. The molecule has 22 unspecified atom stereocenters. The van der Waals surface area contributed by atoms with E-state index in [1.54, 1.807) is 25.6 Å². The van der Waals surface area contributed by atoms with Gasteiger partial charge in [-0.1, -0.05) is 122 Å². The first-order chi connectivity index (χ1) is 53.9. The van der Waals surface area contributed by atoms with E-state index in [0.29, 0.717) is 12.0 Å². The molecule has 5 amide bonds. The topological polar surface area (TPSA) is 603 Å². The van der Waals surface area contributed by atoms with Crippen molar-refractivity contribution in [3.63, 3.8) is 0 Å². The number of phosphoric ester groups is 1. The van der Waals surface area contributed by atoms with Gasteiger partial charge in [0, 0.05) is 79.3 Å². The van der Waals surface area contributed by atoms with E-state index in [9.17, 15) is 83.4 Å². The van der Waals surface area contributed by atoms with Gasteiger partial charge in [0.1, 0.15) is 79.0 Å². The van der Waals surface area contributed by atoms with Crippen molar-refractivity contribution in [2.75, 3.05) is 33.5 Å². The average Bonchev–Trinajstić information content (AvgIpc) is 1.62. The molecule has 45 heteroatoms. The molecule has 4 saturated heterocycles. The Bertz CT molecular complexity index is 4150. The number of carbonyl (C=O) groups excluding carboxylic acids is 5. The number of aliphatic hydroxyl groups is 11. The van der Waals surface area contributed by atoms with Crippen molar-refractivity contribution in [1.29, 1.82) is 0 Å². The van der Waals surface area contributed by atoms with Crippen molar-refractivity contribution in [3.8, 4) is 11.8 Å². The van der Waals surface area contributed by atoms with Crippen LogP contribution in [0.5, 0.6) is 0 Å². The number of Topliss-reactive ketones (excluding diaryl/α,β-unsaturated/α-hetero) is 1. The number of nitrogens with zero attached hydrogens (tertiary/aromatic N) is 4. The summed E-state index contributed by atoms with van der Waals surface area (Å²) in [6.07, 6.45) is -4.08. The number of ether oxygens (including phenoxy) is 5. The largest absolute Gasteiger partial charge is 0.505 e. The van der Waals surface area contributed by atoms with Crippen molar-refractivity contribution in [2.45, 2.75) is 161 Å². The van der Waals surface area contributed by atoms with E-state index in [2.05, 4.69) is 138 Å². The first kappa shape index (κ1) is 96.0. The van der Waals surface area contributed by atoms with Gasteiger partial charge in [0.2, 0.25) is 17.7 Å². The number of benzene rings is 3. The summed E-state index contributed by atoms with van der Waals surface area (Å²) >= 11 is 2.01. The number of fused-ring (bicyclic) bond motifs is 2. The Labute approximate surface area is 687 Å². The Hall–Kier alpha value is -6.10. The number of phosphoric acid groups is 3. The Morgan fingerprint density at radius 3 is 1.44 bits per heavy atom. The third kappa shape index (κ3) is 25.7. The SMILES string of the molecule is C=COC.CC(=O)CC#CC1=CN(C2OC(CO)C(O)C2O)C(=O)CC1N.NC1CC(=O)N(C2OC(CO)C(O)C2O)C=C1I.O=C1CC2NC=CC2=CN1C1OC(CO)C(O)C1O.O=C1NC2CC=CC2=CN1C1OC(COP(=O)(O)OP(=O)(O)OP(=O)(O)O)C(O)C1O.[Pd].c1ccc(P(c2ccccc2)c2ccccc2)cc1. The number of nitrogens with two attached hydrogens (primary N) is 2. The zero-order valence-electron chi connectivity index (χ0n) is 61.1. The van der Waals surface area contributed by atoms with E-state index < -0.39 is 168 Å². The standard InChI is InChI=1S/C18H15P.C15H20N2O6.C12H19N2O14P3.C12H16N2O5.C10H15IN2O5.C3H6O.Pd/c1-4-10-16(11-5-1)19(17-12-6-2-7-13-17)18-14-8-3-9-15-18;1-8(19)3-2-4-9-6-17(12(20)5-10(9)16)15-14(22)13(21)11(7-18)23-15;15-9-8(5-25-30(21,22)28-31(23,24)27-29(18,19)20)26-11(10(9)16)14-4-6-2-1-3-7(6)13-12(14)17;15-5-8-10(17)11(18)12(19-8)14-4-6-1-2-13-7(6)3-9(14)16;11-4-2-13(7(15)1-5(4)12)10-9(17)8(16)6(3-14)18-10;1-3-4-2;/h1-15H;6,10-11,13-15,18,21-22H,3,5,7,16H2,1H3;1-2,4,7-11,15-16H,3,5H2,(H,13,17)(H,21,22)(H,23,24)(H2,18,19,20);1-2,4,7-8,10-13,15,17-18H,3,5H2;2,5-6,8-10,14,16-17H,1,3,12H2;3H,1H2,2H3;. The average molecular weight is 1900 g/mol. The number of rotatable bonds is 19.